The van der Waals surface area contributed by atoms with Crippen molar-refractivity contribution >= 4 is 90.9 Å². The molecule has 10 rings (SSSR count). The van der Waals surface area contributed by atoms with Crippen LogP contribution in [-0.2, 0) is 11.2 Å². The standard InChI is InChI=1S/C80H112F2N4O2S6/c1-7-11-15-19-23-27-31-35-39-43-49-79(50-44-40-36-32-28-24-20-16-12-8-2)61-54-65(90-75(61)77-63(87-79)53-57(5)89-77)59-47-48-60(73-72(59)84-94-85-73)66-56-64-78(91-66)76-62(55-67(92-76)68-70(82)69(81)58(6)71-74(68)86-93-83-71)80(88-64,51-45-41-37-33-29-25-21-17-13-9-3)52-46-42-38-34-30-26-22-18-14-10-4/h47-48,53-56H,7-46,49-52H2,1-6H3. The lowest BCUT2D eigenvalue weighted by atomic mass is 9.81. The number of fused-ring (bicyclic) bond motifs is 8. The highest BCUT2D eigenvalue weighted by molar-refractivity contribution is 7.26. The van der Waals surface area contributed by atoms with Crippen LogP contribution in [0.5, 0.6) is 11.5 Å². The van der Waals surface area contributed by atoms with Crippen LogP contribution >= 0.6 is 68.8 Å². The van der Waals surface area contributed by atoms with Crippen molar-refractivity contribution in [1.82, 2.24) is 17.5 Å². The molecular weight excluding hydrogens is 1280 g/mol. The monoisotopic (exact) mass is 1390 g/mol. The molecule has 0 saturated carbocycles. The Labute approximate surface area is 589 Å². The molecule has 0 aliphatic carbocycles. The Kier molecular flexibility index (Phi) is 29.2. The number of thiophene rings is 4. The van der Waals surface area contributed by atoms with Crippen molar-refractivity contribution in [3.8, 4) is 62.3 Å². The number of nitrogens with zero attached hydrogens (tertiary/aromatic N) is 4. The summed E-state index contributed by atoms with van der Waals surface area (Å²) in [5.74, 6) is 0.255. The summed E-state index contributed by atoms with van der Waals surface area (Å²) < 4.78 is 67.5. The van der Waals surface area contributed by atoms with E-state index in [0.717, 1.165) is 117 Å². The van der Waals surface area contributed by atoms with Gasteiger partial charge >= 0.3 is 0 Å². The lowest BCUT2D eigenvalue weighted by molar-refractivity contribution is 0.0395. The predicted octanol–water partition coefficient (Wildman–Crippen LogP) is 29.6. The fraction of sp³-hybridized carbons (Fsp3) is 0.650. The molecular formula is C80H112F2N4O2S6. The van der Waals surface area contributed by atoms with E-state index in [9.17, 15) is 0 Å². The zero-order chi connectivity index (χ0) is 65.5. The van der Waals surface area contributed by atoms with Crippen LogP contribution in [-0.4, -0.2) is 17.5 Å². The molecule has 6 nitrogen and oxygen atoms in total. The molecule has 6 aromatic heterocycles. The Morgan fingerprint density at radius 2 is 0.660 bits per heavy atom. The minimum Gasteiger partial charge on any atom is -0.481 e. The van der Waals surface area contributed by atoms with E-state index in [-0.39, 0.29) is 16.7 Å². The highest BCUT2D eigenvalue weighted by Gasteiger charge is 2.45. The summed E-state index contributed by atoms with van der Waals surface area (Å²) in [5, 5.41) is 0. The van der Waals surface area contributed by atoms with Crippen molar-refractivity contribution in [3.05, 3.63) is 69.6 Å². The molecule has 0 atom stereocenters. The summed E-state index contributed by atoms with van der Waals surface area (Å²) >= 11 is 9.42. The number of ether oxygens (including phenoxy) is 2. The van der Waals surface area contributed by atoms with Crippen LogP contribution < -0.4 is 9.47 Å². The van der Waals surface area contributed by atoms with Gasteiger partial charge in [0.15, 0.2) is 11.6 Å². The Bertz CT molecular complexity index is 3520. The van der Waals surface area contributed by atoms with Crippen LogP contribution in [0.25, 0.3) is 72.9 Å². The van der Waals surface area contributed by atoms with Gasteiger partial charge in [0.2, 0.25) is 0 Å². The summed E-state index contributed by atoms with van der Waals surface area (Å²) in [6, 6.07) is 13.8. The molecule has 0 bridgehead atoms. The van der Waals surface area contributed by atoms with E-state index >= 15 is 8.78 Å². The number of aryl methyl sites for hydroxylation is 2. The van der Waals surface area contributed by atoms with Gasteiger partial charge in [-0.15, -0.1) is 45.3 Å². The number of rotatable bonds is 47. The molecule has 0 fully saturated rings. The second-order valence-corrected chi connectivity index (χ2v) is 33.7. The maximum atomic E-state index is 16.7. The Balaban J connectivity index is 0.962. The lowest BCUT2D eigenvalue weighted by Gasteiger charge is -2.38. The first-order valence-electron chi connectivity index (χ1n) is 37.9. The second-order valence-electron chi connectivity index (χ2n) is 28.2. The minimum atomic E-state index is -0.850. The third kappa shape index (κ3) is 18.4. The average Bonchev–Trinajstić information content (AvgIpc) is 1.56. The number of aromatic nitrogens is 4. The van der Waals surface area contributed by atoms with E-state index in [1.807, 2.05) is 22.7 Å². The predicted molar refractivity (Wildman–Crippen MR) is 407 cm³/mol. The van der Waals surface area contributed by atoms with Gasteiger partial charge in [-0.25, -0.2) is 8.78 Å². The molecule has 8 heterocycles. The van der Waals surface area contributed by atoms with E-state index in [2.05, 4.69) is 79.8 Å². The first kappa shape index (κ1) is 73.1. The lowest BCUT2D eigenvalue weighted by Crippen LogP contribution is -2.35. The van der Waals surface area contributed by atoms with Crippen LogP contribution in [0.1, 0.15) is 332 Å². The average molecular weight is 1390 g/mol. The highest BCUT2D eigenvalue weighted by Crippen LogP contribution is 2.61. The van der Waals surface area contributed by atoms with Crippen LogP contribution in [0, 0.1) is 25.5 Å². The Morgan fingerprint density at radius 1 is 0.340 bits per heavy atom. The van der Waals surface area contributed by atoms with Crippen LogP contribution in [0.4, 0.5) is 8.78 Å². The topological polar surface area (TPSA) is 70.0 Å². The molecule has 14 heteroatoms. The number of unbranched alkanes of at least 4 members (excludes halogenated alkanes) is 36. The molecule has 0 radical (unpaired) electrons. The van der Waals surface area contributed by atoms with Crippen LogP contribution in [0.15, 0.2) is 36.4 Å². The highest BCUT2D eigenvalue weighted by atomic mass is 32.1. The van der Waals surface area contributed by atoms with Crippen molar-refractivity contribution in [1.29, 1.82) is 0 Å². The summed E-state index contributed by atoms with van der Waals surface area (Å²) in [6.07, 6.45) is 55.3. The molecule has 0 spiro atoms. The van der Waals surface area contributed by atoms with Crippen LogP contribution in [0.2, 0.25) is 0 Å². The van der Waals surface area contributed by atoms with E-state index < -0.39 is 17.2 Å². The quantitative estimate of drug-likeness (QED) is 0.0354. The Hall–Kier alpha value is -3.66. The molecule has 2 aliphatic heterocycles. The summed E-state index contributed by atoms with van der Waals surface area (Å²) in [7, 11) is 0. The van der Waals surface area contributed by atoms with Gasteiger partial charge in [-0.2, -0.15) is 17.5 Å². The second kappa shape index (κ2) is 37.5. The molecule has 0 N–H and O–H groups in total. The summed E-state index contributed by atoms with van der Waals surface area (Å²) in [5.41, 5.74) is 6.77. The maximum Gasteiger partial charge on any atom is 0.170 e. The van der Waals surface area contributed by atoms with Crippen molar-refractivity contribution < 1.29 is 18.3 Å². The SMILES string of the molecule is CCCCCCCCCCCCC1(CCCCCCCCCCCC)Oc2cc(C)sc2-c2sc(-c3ccc(-c4cc5c(s4)-c4sc(-c6c(F)c(F)c(C)c7nsnc67)cc4C(CCCCCCCCCCCC)(CCCCCCCCCCCC)O5)c4nsnc34)cc21. The molecule has 0 unspecified atom stereocenters. The smallest absolute Gasteiger partial charge is 0.170 e. The Morgan fingerprint density at radius 3 is 1.07 bits per heavy atom. The molecule has 94 heavy (non-hydrogen) atoms. The largest absolute Gasteiger partial charge is 0.481 e. The van der Waals surface area contributed by atoms with Gasteiger partial charge in [0.25, 0.3) is 0 Å². The molecule has 514 valence electrons. The van der Waals surface area contributed by atoms with Gasteiger partial charge in [0.05, 0.1) is 48.5 Å². The third-order valence-corrected chi connectivity index (χ3v) is 26.6. The summed E-state index contributed by atoms with van der Waals surface area (Å²) in [4.78, 5) is 9.07. The molecule has 0 saturated heterocycles. The van der Waals surface area contributed by atoms with Crippen LogP contribution in [0.3, 0.4) is 0 Å². The van der Waals surface area contributed by atoms with E-state index in [0.29, 0.717) is 15.9 Å². The molecule has 8 aromatic rings. The van der Waals surface area contributed by atoms with E-state index in [4.69, 9.17) is 18.2 Å². The van der Waals surface area contributed by atoms with Crippen molar-refractivity contribution in [3.63, 3.8) is 0 Å². The number of halogens is 2. The van der Waals surface area contributed by atoms with Gasteiger partial charge < -0.3 is 9.47 Å². The number of benzene rings is 2. The first-order chi connectivity index (χ1) is 46.1. The third-order valence-electron chi connectivity index (χ3n) is 20.7. The van der Waals surface area contributed by atoms with Crippen molar-refractivity contribution in [2.24, 2.45) is 0 Å². The van der Waals surface area contributed by atoms with Gasteiger partial charge in [0, 0.05) is 47.3 Å². The first-order valence-corrected chi connectivity index (χ1v) is 42.6. The van der Waals surface area contributed by atoms with Crippen molar-refractivity contribution in [2.45, 2.75) is 335 Å². The maximum absolute atomic E-state index is 16.7. The van der Waals surface area contributed by atoms with Crippen molar-refractivity contribution in [2.75, 3.05) is 0 Å². The van der Waals surface area contributed by atoms with Gasteiger partial charge in [0.1, 0.15) is 44.8 Å². The van der Waals surface area contributed by atoms with Gasteiger partial charge in [-0.1, -0.05) is 271 Å². The van der Waals surface area contributed by atoms with E-state index in [1.54, 1.807) is 29.6 Å². The zero-order valence-corrected chi connectivity index (χ0v) is 63.3. The molecule has 2 aliphatic rings. The molecule has 0 amide bonds. The minimum absolute atomic E-state index is 0.205. The fourth-order valence-corrected chi connectivity index (χ4v) is 21.3. The molecule has 2 aromatic carbocycles. The van der Waals surface area contributed by atoms with Gasteiger partial charge in [-0.3, -0.25) is 0 Å². The van der Waals surface area contributed by atoms with E-state index in [1.165, 1.54) is 268 Å². The fourth-order valence-electron chi connectivity index (χ4n) is 15.2. The number of hydrogen-bond donors (Lipinski definition) is 0. The normalized spacial score (nSPS) is 13.8. The summed E-state index contributed by atoms with van der Waals surface area (Å²) in [6.45, 7) is 13.0. The van der Waals surface area contributed by atoms with Gasteiger partial charge in [-0.05, 0) is 89.5 Å². The number of hydrogen-bond acceptors (Lipinski definition) is 12. The zero-order valence-electron chi connectivity index (χ0n) is 58.4.